The minimum atomic E-state index is -0.741. The molecule has 0 N–H and O–H groups in total. The summed E-state index contributed by atoms with van der Waals surface area (Å²) in [5.74, 6) is -1.28. The van der Waals surface area contributed by atoms with Crippen molar-refractivity contribution in [2.24, 2.45) is 0 Å². The van der Waals surface area contributed by atoms with Gasteiger partial charge in [-0.25, -0.2) is 8.78 Å². The first-order valence-corrected chi connectivity index (χ1v) is 15.2. The van der Waals surface area contributed by atoms with Crippen LogP contribution in [0.3, 0.4) is 0 Å². The molecule has 2 aliphatic rings. The van der Waals surface area contributed by atoms with Gasteiger partial charge >= 0.3 is 0 Å². The molecule has 0 aliphatic carbocycles. The average Bonchev–Trinajstić information content (AvgIpc) is 3.47. The summed E-state index contributed by atoms with van der Waals surface area (Å²) in [6.07, 6.45) is 4.03. The second kappa shape index (κ2) is 12.6. The van der Waals surface area contributed by atoms with E-state index in [0.717, 1.165) is 5.69 Å². The number of benzene rings is 3. The summed E-state index contributed by atoms with van der Waals surface area (Å²) in [4.78, 5) is 30.1. The van der Waals surface area contributed by atoms with E-state index in [1.54, 1.807) is 28.1 Å². The predicted molar refractivity (Wildman–Crippen MR) is 168 cm³/mol. The second-order valence-corrected chi connectivity index (χ2v) is 12.0. The Morgan fingerprint density at radius 1 is 0.756 bits per heavy atom. The molecule has 2 fully saturated rings. The summed E-state index contributed by atoms with van der Waals surface area (Å²) < 4.78 is 31.9. The Labute approximate surface area is 267 Å². The Morgan fingerprint density at radius 2 is 1.29 bits per heavy atom. The van der Waals surface area contributed by atoms with Gasteiger partial charge in [-0.15, -0.1) is 0 Å². The van der Waals surface area contributed by atoms with Crippen molar-refractivity contribution in [1.29, 1.82) is 0 Å². The van der Waals surface area contributed by atoms with E-state index in [1.807, 2.05) is 18.2 Å². The number of rotatable bonds is 7. The fraction of sp³-hybridized carbons (Fsp3) is 0.281. The molecule has 4 aromatic rings. The van der Waals surface area contributed by atoms with Crippen LogP contribution < -0.4 is 9.80 Å². The lowest BCUT2D eigenvalue weighted by Gasteiger charge is -2.36. The van der Waals surface area contributed by atoms with Gasteiger partial charge in [0, 0.05) is 48.7 Å². The van der Waals surface area contributed by atoms with Crippen LogP contribution in [0.2, 0.25) is 10.0 Å². The molecule has 2 atom stereocenters. The van der Waals surface area contributed by atoms with Gasteiger partial charge in [-0.3, -0.25) is 25.2 Å². The number of halogens is 4. The molecule has 9 nitrogen and oxygen atoms in total. The van der Waals surface area contributed by atoms with E-state index in [-0.39, 0.29) is 38.7 Å². The van der Waals surface area contributed by atoms with E-state index >= 15 is 8.78 Å². The molecule has 0 radical (unpaired) electrons. The Kier molecular flexibility index (Phi) is 8.56. The van der Waals surface area contributed by atoms with Gasteiger partial charge in [0.05, 0.1) is 21.9 Å². The van der Waals surface area contributed by atoms with Crippen molar-refractivity contribution in [2.45, 2.75) is 43.7 Å². The van der Waals surface area contributed by atoms with Crippen molar-refractivity contribution in [1.82, 2.24) is 4.98 Å². The van der Waals surface area contributed by atoms with Crippen LogP contribution in [0.25, 0.3) is 0 Å². The highest BCUT2D eigenvalue weighted by Crippen LogP contribution is 2.49. The van der Waals surface area contributed by atoms with Crippen molar-refractivity contribution in [3.8, 4) is 0 Å². The van der Waals surface area contributed by atoms with Crippen molar-refractivity contribution < 1.29 is 18.6 Å². The van der Waals surface area contributed by atoms with E-state index in [2.05, 4.69) is 4.98 Å². The van der Waals surface area contributed by atoms with Crippen molar-refractivity contribution in [3.05, 3.63) is 132 Å². The molecule has 13 heteroatoms. The largest absolute Gasteiger partial charge is 0.367 e. The zero-order valence-electron chi connectivity index (χ0n) is 23.8. The van der Waals surface area contributed by atoms with Crippen LogP contribution in [-0.2, 0) is 0 Å². The van der Waals surface area contributed by atoms with Crippen molar-refractivity contribution >= 4 is 46.0 Å². The van der Waals surface area contributed by atoms with Gasteiger partial charge in [0.1, 0.15) is 15.7 Å². The molecule has 0 amide bonds. The molecule has 0 saturated carbocycles. The zero-order chi connectivity index (χ0) is 31.8. The smallest absolute Gasteiger partial charge is 0.288 e. The molecular formula is C32H27Cl2F2N5O4. The molecule has 2 unspecified atom stereocenters. The number of hydrogen-bond donors (Lipinski definition) is 0. The number of nitro benzene ring substituents is 2. The third-order valence-electron chi connectivity index (χ3n) is 8.71. The SMILES string of the molecule is O=[N+]([O-])c1cc(C2CCC(c3ccc(Cl)c([N+](=O)[O-])c3)N2c2cc(F)c(N3CCC(c4ccccn4)CC3)c(F)c2)ccc1Cl. The summed E-state index contributed by atoms with van der Waals surface area (Å²) >= 11 is 12.2. The van der Waals surface area contributed by atoms with Gasteiger partial charge < -0.3 is 9.80 Å². The highest BCUT2D eigenvalue weighted by atomic mass is 35.5. The fourth-order valence-electron chi connectivity index (χ4n) is 6.60. The number of aromatic nitrogens is 1. The van der Waals surface area contributed by atoms with Crippen LogP contribution in [0, 0.1) is 31.9 Å². The third-order valence-corrected chi connectivity index (χ3v) is 9.34. The van der Waals surface area contributed by atoms with Crippen LogP contribution >= 0.6 is 23.2 Å². The minimum Gasteiger partial charge on any atom is -0.367 e. The highest BCUT2D eigenvalue weighted by Gasteiger charge is 2.38. The lowest BCUT2D eigenvalue weighted by molar-refractivity contribution is -0.384. The maximum atomic E-state index is 15.9. The fourth-order valence-corrected chi connectivity index (χ4v) is 6.97. The van der Waals surface area contributed by atoms with Gasteiger partial charge in [-0.2, -0.15) is 0 Å². The first kappa shape index (κ1) is 30.7. The van der Waals surface area contributed by atoms with E-state index < -0.39 is 33.6 Å². The number of pyridine rings is 1. The molecule has 1 aromatic heterocycles. The average molecular weight is 655 g/mol. The molecule has 2 aliphatic heterocycles. The lowest BCUT2D eigenvalue weighted by Crippen LogP contribution is -2.34. The summed E-state index contributed by atoms with van der Waals surface area (Å²) in [5.41, 5.74) is 1.53. The lowest BCUT2D eigenvalue weighted by atomic mass is 9.92. The Morgan fingerprint density at radius 3 is 1.76 bits per heavy atom. The first-order valence-electron chi connectivity index (χ1n) is 14.4. The van der Waals surface area contributed by atoms with Gasteiger partial charge in [0.25, 0.3) is 11.4 Å². The van der Waals surface area contributed by atoms with Crippen LogP contribution in [0.5, 0.6) is 0 Å². The number of anilines is 2. The monoisotopic (exact) mass is 653 g/mol. The van der Waals surface area contributed by atoms with Crippen LogP contribution in [0.15, 0.2) is 72.9 Å². The van der Waals surface area contributed by atoms with Crippen LogP contribution in [0.4, 0.5) is 31.5 Å². The topological polar surface area (TPSA) is 106 Å². The molecule has 3 heterocycles. The predicted octanol–water partition coefficient (Wildman–Crippen LogP) is 8.95. The van der Waals surface area contributed by atoms with Gasteiger partial charge in [-0.1, -0.05) is 41.4 Å². The number of hydrogen-bond acceptors (Lipinski definition) is 7. The van der Waals surface area contributed by atoms with Gasteiger partial charge in [-0.05, 0) is 73.2 Å². The molecule has 0 spiro atoms. The molecule has 232 valence electrons. The number of nitro groups is 2. The van der Waals surface area contributed by atoms with E-state index in [1.165, 1.54) is 36.4 Å². The molecule has 3 aromatic carbocycles. The number of nitrogens with zero attached hydrogens (tertiary/aromatic N) is 5. The van der Waals surface area contributed by atoms with Crippen molar-refractivity contribution in [3.63, 3.8) is 0 Å². The summed E-state index contributed by atoms with van der Waals surface area (Å²) in [7, 11) is 0. The van der Waals surface area contributed by atoms with Crippen LogP contribution in [0.1, 0.15) is 60.5 Å². The Balaban J connectivity index is 1.37. The van der Waals surface area contributed by atoms with E-state index in [0.29, 0.717) is 49.9 Å². The number of piperidine rings is 1. The summed E-state index contributed by atoms with van der Waals surface area (Å²) in [5, 5.41) is 23.3. The van der Waals surface area contributed by atoms with E-state index in [9.17, 15) is 20.2 Å². The minimum absolute atomic E-state index is 0.0357. The molecule has 45 heavy (non-hydrogen) atoms. The molecular weight excluding hydrogens is 627 g/mol. The van der Waals surface area contributed by atoms with Crippen molar-refractivity contribution in [2.75, 3.05) is 22.9 Å². The quantitative estimate of drug-likeness (QED) is 0.145. The van der Waals surface area contributed by atoms with Gasteiger partial charge in [0.15, 0.2) is 11.6 Å². The highest BCUT2D eigenvalue weighted by molar-refractivity contribution is 6.33. The van der Waals surface area contributed by atoms with Gasteiger partial charge in [0.2, 0.25) is 0 Å². The Hall–Kier alpha value is -4.35. The maximum Gasteiger partial charge on any atom is 0.288 e. The summed E-state index contributed by atoms with van der Waals surface area (Å²) in [6.45, 7) is 0.901. The third kappa shape index (κ3) is 6.02. The molecule has 0 bridgehead atoms. The van der Waals surface area contributed by atoms with E-state index in [4.69, 9.17) is 23.2 Å². The Bertz CT molecular complexity index is 1680. The maximum absolute atomic E-state index is 15.9. The molecule has 6 rings (SSSR count). The van der Waals surface area contributed by atoms with Crippen LogP contribution in [-0.4, -0.2) is 27.9 Å². The zero-order valence-corrected chi connectivity index (χ0v) is 25.3. The first-order chi connectivity index (χ1) is 21.6. The second-order valence-electron chi connectivity index (χ2n) is 11.2. The summed E-state index contributed by atoms with van der Waals surface area (Å²) in [6, 6.07) is 16.0. The standard InChI is InChI=1S/C32H27Cl2F2N5O4/c33-23-6-4-20(15-30(23)40(42)43)28-8-9-29(21-5-7-24(34)31(16-21)41(44)45)39(28)22-17-25(35)32(26(36)18-22)38-13-10-19(11-14-38)27-3-1-2-12-37-27/h1-7,12,15-19,28-29H,8-11,13-14H2. The normalized spacial score (nSPS) is 18.8. The molecule has 2 saturated heterocycles.